The van der Waals surface area contributed by atoms with Crippen LogP contribution in [0.3, 0.4) is 0 Å². The van der Waals surface area contributed by atoms with E-state index < -0.39 is 35.8 Å². The summed E-state index contributed by atoms with van der Waals surface area (Å²) in [6, 6.07) is 2.08. The first-order valence-electron chi connectivity index (χ1n) is 5.63. The Kier molecular flexibility index (Phi) is 4.87. The second-order valence-electron chi connectivity index (χ2n) is 4.41. The molecule has 0 saturated carbocycles. The van der Waals surface area contributed by atoms with Gasteiger partial charge < -0.3 is 10.8 Å². The number of carbonyl (C=O) groups is 1. The van der Waals surface area contributed by atoms with Gasteiger partial charge in [0, 0.05) is 0 Å². The van der Waals surface area contributed by atoms with Gasteiger partial charge in [-0.15, -0.1) is 0 Å². The number of aliphatic carboxylic acids is 1. The van der Waals surface area contributed by atoms with Crippen molar-refractivity contribution >= 4 is 5.97 Å². The minimum absolute atomic E-state index is 0.196. The fourth-order valence-corrected chi connectivity index (χ4v) is 1.75. The summed E-state index contributed by atoms with van der Waals surface area (Å²) in [5.41, 5.74) is 4.50. The van der Waals surface area contributed by atoms with Gasteiger partial charge in [0.2, 0.25) is 0 Å². The van der Waals surface area contributed by atoms with Crippen LogP contribution in [0.25, 0.3) is 0 Å². The Balaban J connectivity index is 3.02. The summed E-state index contributed by atoms with van der Waals surface area (Å²) in [7, 11) is 0. The van der Waals surface area contributed by atoms with E-state index in [0.717, 1.165) is 12.1 Å². The van der Waals surface area contributed by atoms with Crippen LogP contribution in [0, 0.1) is 0 Å². The van der Waals surface area contributed by atoms with Gasteiger partial charge in [-0.3, -0.25) is 4.79 Å². The molecule has 3 N–H and O–H groups in total. The van der Waals surface area contributed by atoms with Crippen LogP contribution < -0.4 is 5.73 Å². The van der Waals surface area contributed by atoms with Crippen LogP contribution in [0.2, 0.25) is 0 Å². The molecule has 1 rings (SSSR count). The zero-order valence-electron chi connectivity index (χ0n) is 10.4. The van der Waals surface area contributed by atoms with Crippen LogP contribution in [-0.2, 0) is 11.2 Å². The summed E-state index contributed by atoms with van der Waals surface area (Å²) in [6.07, 6.45) is -11.1. The Bertz CT molecular complexity index is 480. The number of benzene rings is 1. The van der Waals surface area contributed by atoms with Gasteiger partial charge in [-0.05, 0) is 17.5 Å². The minimum atomic E-state index is -5.46. The summed E-state index contributed by atoms with van der Waals surface area (Å²) in [6.45, 7) is 0. The number of halogens is 6. The molecule has 1 aromatic rings. The predicted molar refractivity (Wildman–Crippen MR) is 60.6 cm³/mol. The molecule has 3 nitrogen and oxygen atoms in total. The van der Waals surface area contributed by atoms with Crippen molar-refractivity contribution in [1.82, 2.24) is 0 Å². The highest BCUT2D eigenvalue weighted by atomic mass is 19.4. The van der Waals surface area contributed by atoms with Crippen molar-refractivity contribution in [3.05, 3.63) is 35.4 Å². The van der Waals surface area contributed by atoms with Gasteiger partial charge in [0.15, 0.2) is 5.92 Å². The standard InChI is InChI=1S/C12H11F6NO2/c13-11(14,15)9(12(16,17)18)7-3-1-6(2-4-7)5-8(19)10(20)21/h1-4,8-9H,5,19H2,(H,20,21). The monoisotopic (exact) mass is 315 g/mol. The molecule has 0 radical (unpaired) electrons. The smallest absolute Gasteiger partial charge is 0.404 e. The molecule has 0 amide bonds. The molecule has 21 heavy (non-hydrogen) atoms. The molecule has 0 aromatic heterocycles. The number of carboxylic acids is 1. The van der Waals surface area contributed by atoms with Crippen LogP contribution in [0.15, 0.2) is 24.3 Å². The average Bonchev–Trinajstić information content (AvgIpc) is 2.27. The van der Waals surface area contributed by atoms with Crippen LogP contribution in [0.5, 0.6) is 0 Å². The normalized spacial score (nSPS) is 14.3. The van der Waals surface area contributed by atoms with Gasteiger partial charge in [0.1, 0.15) is 6.04 Å². The highest BCUT2D eigenvalue weighted by Gasteiger charge is 2.57. The lowest BCUT2D eigenvalue weighted by Crippen LogP contribution is -2.34. The van der Waals surface area contributed by atoms with Crippen LogP contribution >= 0.6 is 0 Å². The van der Waals surface area contributed by atoms with Crippen molar-refractivity contribution < 1.29 is 36.2 Å². The predicted octanol–water partition coefficient (Wildman–Crippen LogP) is 2.85. The molecule has 0 fully saturated rings. The van der Waals surface area contributed by atoms with Gasteiger partial charge in [0.25, 0.3) is 0 Å². The molecule has 1 unspecified atom stereocenters. The molecule has 0 spiro atoms. The van der Waals surface area contributed by atoms with Crippen LogP contribution in [0.1, 0.15) is 17.0 Å². The van der Waals surface area contributed by atoms with E-state index in [0.29, 0.717) is 12.1 Å². The second kappa shape index (κ2) is 5.92. The Morgan fingerprint density at radius 2 is 1.48 bits per heavy atom. The maximum Gasteiger partial charge on any atom is 0.404 e. The molecule has 0 saturated heterocycles. The number of alkyl halides is 6. The van der Waals surface area contributed by atoms with Gasteiger partial charge >= 0.3 is 18.3 Å². The van der Waals surface area contributed by atoms with E-state index in [9.17, 15) is 31.1 Å². The minimum Gasteiger partial charge on any atom is -0.480 e. The summed E-state index contributed by atoms with van der Waals surface area (Å²) in [5, 5.41) is 8.58. The number of carboxylic acid groups (broad SMARTS) is 1. The summed E-state index contributed by atoms with van der Waals surface area (Å²) >= 11 is 0. The van der Waals surface area contributed by atoms with Gasteiger partial charge in [0.05, 0.1) is 0 Å². The molecular weight excluding hydrogens is 304 g/mol. The summed E-state index contributed by atoms with van der Waals surface area (Å²) in [4.78, 5) is 10.5. The third-order valence-corrected chi connectivity index (χ3v) is 2.74. The molecule has 0 bridgehead atoms. The molecule has 0 aliphatic heterocycles. The van der Waals surface area contributed by atoms with Crippen LogP contribution in [0.4, 0.5) is 26.3 Å². The molecule has 0 aliphatic rings. The van der Waals surface area contributed by atoms with E-state index in [1.165, 1.54) is 0 Å². The van der Waals surface area contributed by atoms with Crippen LogP contribution in [-0.4, -0.2) is 29.5 Å². The molecule has 0 heterocycles. The zero-order chi connectivity index (χ0) is 16.4. The highest BCUT2D eigenvalue weighted by Crippen LogP contribution is 2.46. The van der Waals surface area contributed by atoms with Crippen molar-refractivity contribution in [3.8, 4) is 0 Å². The summed E-state index contributed by atoms with van der Waals surface area (Å²) in [5.74, 6) is -4.89. The number of nitrogens with two attached hydrogens (primary N) is 1. The lowest BCUT2D eigenvalue weighted by Gasteiger charge is -2.23. The summed E-state index contributed by atoms with van der Waals surface area (Å²) < 4.78 is 75.0. The lowest BCUT2D eigenvalue weighted by molar-refractivity contribution is -0.253. The Morgan fingerprint density at radius 3 is 1.81 bits per heavy atom. The lowest BCUT2D eigenvalue weighted by atomic mass is 9.95. The van der Waals surface area contributed by atoms with Crippen molar-refractivity contribution in [1.29, 1.82) is 0 Å². The van der Waals surface area contributed by atoms with Crippen molar-refractivity contribution in [2.75, 3.05) is 0 Å². The zero-order valence-corrected chi connectivity index (χ0v) is 10.4. The molecule has 1 aromatic carbocycles. The van der Waals surface area contributed by atoms with Crippen molar-refractivity contribution in [3.63, 3.8) is 0 Å². The largest absolute Gasteiger partial charge is 0.480 e. The molecule has 118 valence electrons. The van der Waals surface area contributed by atoms with E-state index >= 15 is 0 Å². The Labute approximate surface area is 115 Å². The Morgan fingerprint density at radius 1 is 1.05 bits per heavy atom. The third kappa shape index (κ3) is 4.62. The first-order chi connectivity index (χ1) is 9.43. The first-order valence-corrected chi connectivity index (χ1v) is 5.63. The highest BCUT2D eigenvalue weighted by molar-refractivity contribution is 5.73. The van der Waals surface area contributed by atoms with E-state index in [1.54, 1.807) is 0 Å². The fraction of sp³-hybridized carbons (Fsp3) is 0.417. The van der Waals surface area contributed by atoms with Crippen molar-refractivity contribution in [2.45, 2.75) is 30.7 Å². The number of hydrogen-bond donors (Lipinski definition) is 2. The molecular formula is C12H11F6NO2. The van der Waals surface area contributed by atoms with Gasteiger partial charge in [-0.1, -0.05) is 24.3 Å². The van der Waals surface area contributed by atoms with E-state index in [2.05, 4.69) is 0 Å². The SMILES string of the molecule is NC(Cc1ccc(C(C(F)(F)F)C(F)(F)F)cc1)C(=O)O. The molecule has 0 aliphatic carbocycles. The van der Waals surface area contributed by atoms with Crippen molar-refractivity contribution in [2.24, 2.45) is 5.73 Å². The van der Waals surface area contributed by atoms with Gasteiger partial charge in [-0.25, -0.2) is 0 Å². The average molecular weight is 315 g/mol. The van der Waals surface area contributed by atoms with E-state index in [1.807, 2.05) is 0 Å². The van der Waals surface area contributed by atoms with E-state index in [-0.39, 0.29) is 12.0 Å². The molecule has 9 heteroatoms. The third-order valence-electron chi connectivity index (χ3n) is 2.74. The first kappa shape index (κ1) is 17.3. The topological polar surface area (TPSA) is 63.3 Å². The maximum absolute atomic E-state index is 12.5. The molecule has 1 atom stereocenters. The second-order valence-corrected chi connectivity index (χ2v) is 4.41. The fourth-order valence-electron chi connectivity index (χ4n) is 1.75. The van der Waals surface area contributed by atoms with E-state index in [4.69, 9.17) is 10.8 Å². The number of hydrogen-bond acceptors (Lipinski definition) is 2. The quantitative estimate of drug-likeness (QED) is 0.840. The van der Waals surface area contributed by atoms with Gasteiger partial charge in [-0.2, -0.15) is 26.3 Å². The Hall–Kier alpha value is -1.77. The maximum atomic E-state index is 12.5. The number of rotatable bonds is 4.